The van der Waals surface area contributed by atoms with E-state index in [1.165, 1.54) is 37.2 Å². The lowest BCUT2D eigenvalue weighted by molar-refractivity contribution is 0.169. The molecule has 1 aliphatic carbocycles. The molecule has 2 atom stereocenters. The Morgan fingerprint density at radius 3 is 2.61 bits per heavy atom. The van der Waals surface area contributed by atoms with Crippen molar-refractivity contribution in [1.29, 1.82) is 0 Å². The topological polar surface area (TPSA) is 29.9 Å². The highest BCUT2D eigenvalue weighted by atomic mass is 15.3. The SMILES string of the molecule is CCNCC1CCC1Cc1cc(CC)nn1CC. The van der Waals surface area contributed by atoms with Gasteiger partial charge in [-0.15, -0.1) is 0 Å². The van der Waals surface area contributed by atoms with Crippen LogP contribution in [0, 0.1) is 11.8 Å². The van der Waals surface area contributed by atoms with Gasteiger partial charge in [0.15, 0.2) is 0 Å². The number of rotatable bonds is 7. The van der Waals surface area contributed by atoms with E-state index in [2.05, 4.69) is 41.9 Å². The minimum atomic E-state index is 0.871. The molecule has 1 aliphatic rings. The molecule has 18 heavy (non-hydrogen) atoms. The monoisotopic (exact) mass is 249 g/mol. The third-order valence-electron chi connectivity index (χ3n) is 4.28. The van der Waals surface area contributed by atoms with E-state index in [1.807, 2.05) is 0 Å². The zero-order valence-electron chi connectivity index (χ0n) is 12.1. The van der Waals surface area contributed by atoms with Crippen LogP contribution in [0.1, 0.15) is 45.0 Å². The summed E-state index contributed by atoms with van der Waals surface area (Å²) in [5.41, 5.74) is 2.69. The number of hydrogen-bond donors (Lipinski definition) is 1. The summed E-state index contributed by atoms with van der Waals surface area (Å²) in [6.07, 6.45) is 5.06. The fourth-order valence-electron chi connectivity index (χ4n) is 2.90. The van der Waals surface area contributed by atoms with Crippen molar-refractivity contribution < 1.29 is 0 Å². The van der Waals surface area contributed by atoms with Crippen LogP contribution >= 0.6 is 0 Å². The first kappa shape index (κ1) is 13.6. The van der Waals surface area contributed by atoms with Crippen molar-refractivity contribution >= 4 is 0 Å². The highest BCUT2D eigenvalue weighted by Crippen LogP contribution is 2.36. The molecule has 1 aromatic heterocycles. The molecule has 102 valence electrons. The van der Waals surface area contributed by atoms with Gasteiger partial charge in [-0.1, -0.05) is 13.8 Å². The lowest BCUT2D eigenvalue weighted by atomic mass is 9.71. The molecule has 2 unspecified atom stereocenters. The molecule has 3 heteroatoms. The van der Waals surface area contributed by atoms with E-state index in [-0.39, 0.29) is 0 Å². The van der Waals surface area contributed by atoms with Gasteiger partial charge in [-0.25, -0.2) is 0 Å². The van der Waals surface area contributed by atoms with Crippen molar-refractivity contribution in [3.05, 3.63) is 17.5 Å². The van der Waals surface area contributed by atoms with Crippen molar-refractivity contribution in [2.45, 2.75) is 53.0 Å². The van der Waals surface area contributed by atoms with Crippen LogP contribution in [0.15, 0.2) is 6.07 Å². The number of hydrogen-bond acceptors (Lipinski definition) is 2. The first-order chi connectivity index (χ1) is 8.78. The molecular weight excluding hydrogens is 222 g/mol. The maximum atomic E-state index is 4.65. The standard InChI is InChI=1S/C15H27N3/c1-4-14-10-15(18(6-3)17-14)9-12-7-8-13(12)11-16-5-2/h10,12-13,16H,4-9,11H2,1-3H3. The molecule has 0 saturated heterocycles. The summed E-state index contributed by atoms with van der Waals surface area (Å²) in [4.78, 5) is 0. The molecule has 0 radical (unpaired) electrons. The molecule has 2 rings (SSSR count). The zero-order valence-corrected chi connectivity index (χ0v) is 12.1. The molecule has 1 aromatic rings. The fraction of sp³-hybridized carbons (Fsp3) is 0.800. The van der Waals surface area contributed by atoms with Gasteiger partial charge >= 0.3 is 0 Å². The van der Waals surface area contributed by atoms with Crippen LogP contribution in [-0.2, 0) is 19.4 Å². The molecule has 0 aromatic carbocycles. The minimum Gasteiger partial charge on any atom is -0.317 e. The molecule has 0 amide bonds. The van der Waals surface area contributed by atoms with Crippen molar-refractivity contribution in [1.82, 2.24) is 15.1 Å². The van der Waals surface area contributed by atoms with Crippen molar-refractivity contribution in [3.8, 4) is 0 Å². The van der Waals surface area contributed by atoms with E-state index in [1.54, 1.807) is 0 Å². The molecule has 1 N–H and O–H groups in total. The average Bonchev–Trinajstić information content (AvgIpc) is 2.77. The highest BCUT2D eigenvalue weighted by Gasteiger charge is 2.31. The van der Waals surface area contributed by atoms with Gasteiger partial charge in [-0.2, -0.15) is 5.10 Å². The number of nitrogens with zero attached hydrogens (tertiary/aromatic N) is 2. The van der Waals surface area contributed by atoms with Crippen molar-refractivity contribution in [2.75, 3.05) is 13.1 Å². The molecule has 1 fully saturated rings. The number of aromatic nitrogens is 2. The van der Waals surface area contributed by atoms with Crippen LogP contribution in [0.5, 0.6) is 0 Å². The van der Waals surface area contributed by atoms with Crippen LogP contribution < -0.4 is 5.32 Å². The molecule has 0 spiro atoms. The van der Waals surface area contributed by atoms with Crippen LogP contribution in [-0.4, -0.2) is 22.9 Å². The van der Waals surface area contributed by atoms with Crippen LogP contribution in [0.3, 0.4) is 0 Å². The van der Waals surface area contributed by atoms with Crippen LogP contribution in [0.25, 0.3) is 0 Å². The lowest BCUT2D eigenvalue weighted by Gasteiger charge is -2.37. The van der Waals surface area contributed by atoms with E-state index in [4.69, 9.17) is 0 Å². The second-order valence-corrected chi connectivity index (χ2v) is 5.41. The molecule has 0 bridgehead atoms. The summed E-state index contributed by atoms with van der Waals surface area (Å²) in [5.74, 6) is 1.76. The third-order valence-corrected chi connectivity index (χ3v) is 4.28. The summed E-state index contributed by atoms with van der Waals surface area (Å²) < 4.78 is 2.20. The number of aryl methyl sites for hydroxylation is 2. The fourth-order valence-corrected chi connectivity index (χ4v) is 2.90. The highest BCUT2D eigenvalue weighted by molar-refractivity contribution is 5.12. The lowest BCUT2D eigenvalue weighted by Crippen LogP contribution is -2.36. The minimum absolute atomic E-state index is 0.871. The normalized spacial score (nSPS) is 23.1. The van der Waals surface area contributed by atoms with E-state index in [0.29, 0.717) is 0 Å². The average molecular weight is 249 g/mol. The Balaban J connectivity index is 1.94. The summed E-state index contributed by atoms with van der Waals surface area (Å²) in [5, 5.41) is 8.14. The Morgan fingerprint density at radius 2 is 2.06 bits per heavy atom. The third kappa shape index (κ3) is 2.94. The van der Waals surface area contributed by atoms with Gasteiger partial charge < -0.3 is 5.32 Å². The van der Waals surface area contributed by atoms with Gasteiger partial charge in [0, 0.05) is 12.2 Å². The maximum Gasteiger partial charge on any atom is 0.0624 e. The van der Waals surface area contributed by atoms with Gasteiger partial charge in [-0.05, 0) is 63.6 Å². The van der Waals surface area contributed by atoms with E-state index >= 15 is 0 Å². The Kier molecular flexibility index (Phi) is 4.81. The van der Waals surface area contributed by atoms with E-state index in [9.17, 15) is 0 Å². The Morgan fingerprint density at radius 1 is 1.28 bits per heavy atom. The Bertz CT molecular complexity index is 370. The maximum absolute atomic E-state index is 4.65. The van der Waals surface area contributed by atoms with Gasteiger partial charge in [0.2, 0.25) is 0 Å². The largest absolute Gasteiger partial charge is 0.317 e. The quantitative estimate of drug-likeness (QED) is 0.805. The smallest absolute Gasteiger partial charge is 0.0624 e. The zero-order chi connectivity index (χ0) is 13.0. The van der Waals surface area contributed by atoms with E-state index < -0.39 is 0 Å². The number of nitrogens with one attached hydrogen (secondary N) is 1. The van der Waals surface area contributed by atoms with Gasteiger partial charge in [0.25, 0.3) is 0 Å². The summed E-state index contributed by atoms with van der Waals surface area (Å²) in [6, 6.07) is 2.31. The van der Waals surface area contributed by atoms with E-state index in [0.717, 1.165) is 31.3 Å². The Labute approximate surface area is 111 Å². The summed E-state index contributed by atoms with van der Waals surface area (Å²) in [6.45, 7) is 9.85. The summed E-state index contributed by atoms with van der Waals surface area (Å²) in [7, 11) is 0. The van der Waals surface area contributed by atoms with Gasteiger partial charge in [0.05, 0.1) is 5.69 Å². The molecule has 1 heterocycles. The predicted molar refractivity (Wildman–Crippen MR) is 75.7 cm³/mol. The van der Waals surface area contributed by atoms with Gasteiger partial charge in [-0.3, -0.25) is 4.68 Å². The van der Waals surface area contributed by atoms with Gasteiger partial charge in [0.1, 0.15) is 0 Å². The molecule has 3 nitrogen and oxygen atoms in total. The van der Waals surface area contributed by atoms with Crippen molar-refractivity contribution in [3.63, 3.8) is 0 Å². The predicted octanol–water partition coefficient (Wildman–Crippen LogP) is 2.64. The second kappa shape index (κ2) is 6.37. The molecule has 0 aliphatic heterocycles. The molecular formula is C15H27N3. The van der Waals surface area contributed by atoms with Crippen molar-refractivity contribution in [2.24, 2.45) is 11.8 Å². The first-order valence-corrected chi connectivity index (χ1v) is 7.54. The first-order valence-electron chi connectivity index (χ1n) is 7.54. The van der Waals surface area contributed by atoms with Crippen LogP contribution in [0.2, 0.25) is 0 Å². The Hall–Kier alpha value is -0.830. The second-order valence-electron chi connectivity index (χ2n) is 5.41. The molecule has 1 saturated carbocycles. The summed E-state index contributed by atoms with van der Waals surface area (Å²) >= 11 is 0. The van der Waals surface area contributed by atoms with Crippen LogP contribution in [0.4, 0.5) is 0 Å².